The molecule has 0 spiro atoms. The van der Waals surface area contributed by atoms with Crippen LogP contribution in [0.25, 0.3) is 0 Å². The summed E-state index contributed by atoms with van der Waals surface area (Å²) in [5, 5.41) is 12.0. The number of nitrogens with zero attached hydrogens (tertiary/aromatic N) is 2. The Labute approximate surface area is 129 Å². The van der Waals surface area contributed by atoms with E-state index >= 15 is 0 Å². The normalized spacial score (nSPS) is 20.5. The number of hydrogen-bond acceptors (Lipinski definition) is 3. The quantitative estimate of drug-likeness (QED) is 0.943. The molecule has 114 valence electrons. The average Bonchev–Trinajstić information content (AvgIpc) is 2.88. The molecule has 2 atom stereocenters. The zero-order valence-electron chi connectivity index (χ0n) is 13.0. The van der Waals surface area contributed by atoms with Crippen molar-refractivity contribution in [1.29, 1.82) is 5.26 Å². The highest BCUT2D eigenvalue weighted by Crippen LogP contribution is 2.48. The zero-order chi connectivity index (χ0) is 15.9. The fraction of sp³-hybridized carbons (Fsp3) is 0.412. The van der Waals surface area contributed by atoms with E-state index in [2.05, 4.69) is 11.4 Å². The molecule has 1 N–H and O–H groups in total. The van der Waals surface area contributed by atoms with Crippen molar-refractivity contribution in [3.8, 4) is 6.07 Å². The standard InChI is InChI=1S/C17H19N3O2/c1-17(2,3)20-10-11(9-18)7-15(20)19-16(21)13-8-12(13)14-5-4-6-22-14/h4-7,10,12-13H,8H2,1-3H3,(H,19,21). The van der Waals surface area contributed by atoms with E-state index in [1.165, 1.54) is 0 Å². The van der Waals surface area contributed by atoms with E-state index in [9.17, 15) is 4.79 Å². The predicted molar refractivity (Wildman–Crippen MR) is 82.3 cm³/mol. The van der Waals surface area contributed by atoms with Gasteiger partial charge in [0.05, 0.1) is 11.8 Å². The summed E-state index contributed by atoms with van der Waals surface area (Å²) < 4.78 is 7.28. The third-order valence-corrected chi connectivity index (χ3v) is 3.96. The summed E-state index contributed by atoms with van der Waals surface area (Å²) in [4.78, 5) is 12.4. The minimum atomic E-state index is -0.207. The van der Waals surface area contributed by atoms with Gasteiger partial charge >= 0.3 is 0 Å². The number of rotatable bonds is 3. The molecule has 0 radical (unpaired) electrons. The maximum absolute atomic E-state index is 12.4. The molecule has 0 aromatic carbocycles. The number of carbonyl (C=O) groups is 1. The molecule has 2 heterocycles. The molecule has 0 aliphatic heterocycles. The first-order valence-electron chi connectivity index (χ1n) is 7.37. The van der Waals surface area contributed by atoms with Crippen molar-refractivity contribution in [3.05, 3.63) is 42.0 Å². The van der Waals surface area contributed by atoms with Gasteiger partial charge in [0, 0.05) is 23.6 Å². The second-order valence-corrected chi connectivity index (χ2v) is 6.72. The van der Waals surface area contributed by atoms with E-state index in [0.717, 1.165) is 12.2 Å². The molecule has 1 aliphatic rings. The maximum atomic E-state index is 12.4. The van der Waals surface area contributed by atoms with Gasteiger partial charge in [0.25, 0.3) is 0 Å². The van der Waals surface area contributed by atoms with Crippen molar-refractivity contribution in [3.63, 3.8) is 0 Å². The van der Waals surface area contributed by atoms with Gasteiger partial charge in [-0.05, 0) is 45.4 Å². The summed E-state index contributed by atoms with van der Waals surface area (Å²) in [5.74, 6) is 1.63. The molecule has 2 aromatic heterocycles. The lowest BCUT2D eigenvalue weighted by Crippen LogP contribution is -2.25. The van der Waals surface area contributed by atoms with Crippen LogP contribution in [0.3, 0.4) is 0 Å². The molecule has 0 saturated heterocycles. The van der Waals surface area contributed by atoms with Crippen LogP contribution in [0.4, 0.5) is 5.82 Å². The Morgan fingerprint density at radius 3 is 2.86 bits per heavy atom. The summed E-state index contributed by atoms with van der Waals surface area (Å²) in [6, 6.07) is 7.58. The van der Waals surface area contributed by atoms with E-state index in [0.29, 0.717) is 11.4 Å². The fourth-order valence-electron chi connectivity index (χ4n) is 2.70. The molecule has 1 fully saturated rings. The summed E-state index contributed by atoms with van der Waals surface area (Å²) in [6.45, 7) is 6.10. The van der Waals surface area contributed by atoms with E-state index < -0.39 is 0 Å². The zero-order valence-corrected chi connectivity index (χ0v) is 13.0. The maximum Gasteiger partial charge on any atom is 0.229 e. The van der Waals surface area contributed by atoms with Crippen molar-refractivity contribution in [2.75, 3.05) is 5.32 Å². The van der Waals surface area contributed by atoms with Gasteiger partial charge in [-0.1, -0.05) is 0 Å². The van der Waals surface area contributed by atoms with Crippen LogP contribution in [0.1, 0.15) is 44.4 Å². The molecule has 5 nitrogen and oxygen atoms in total. The molecule has 5 heteroatoms. The Morgan fingerprint density at radius 1 is 1.50 bits per heavy atom. The first kappa shape index (κ1) is 14.5. The van der Waals surface area contributed by atoms with Crippen molar-refractivity contribution in [2.45, 2.75) is 38.6 Å². The first-order valence-corrected chi connectivity index (χ1v) is 7.37. The molecular formula is C17H19N3O2. The lowest BCUT2D eigenvalue weighted by molar-refractivity contribution is -0.117. The first-order chi connectivity index (χ1) is 10.4. The topological polar surface area (TPSA) is 71.0 Å². The summed E-state index contributed by atoms with van der Waals surface area (Å²) >= 11 is 0. The van der Waals surface area contributed by atoms with Gasteiger partial charge < -0.3 is 14.3 Å². The largest absolute Gasteiger partial charge is 0.469 e. The van der Waals surface area contributed by atoms with Crippen LogP contribution in [0.2, 0.25) is 0 Å². The summed E-state index contributed by atoms with van der Waals surface area (Å²) in [5.41, 5.74) is 0.338. The molecule has 1 amide bonds. The molecule has 2 unspecified atom stereocenters. The highest BCUT2D eigenvalue weighted by atomic mass is 16.3. The van der Waals surface area contributed by atoms with Crippen LogP contribution in [0.5, 0.6) is 0 Å². The van der Waals surface area contributed by atoms with Crippen LogP contribution in [0.15, 0.2) is 35.1 Å². The Balaban J connectivity index is 1.75. The molecule has 22 heavy (non-hydrogen) atoms. The van der Waals surface area contributed by atoms with Gasteiger partial charge in [-0.25, -0.2) is 0 Å². The average molecular weight is 297 g/mol. The van der Waals surface area contributed by atoms with Crippen LogP contribution >= 0.6 is 0 Å². The number of nitrogens with one attached hydrogen (secondary N) is 1. The molecule has 1 saturated carbocycles. The number of nitriles is 1. The minimum Gasteiger partial charge on any atom is -0.469 e. The van der Waals surface area contributed by atoms with Crippen molar-refractivity contribution in [2.24, 2.45) is 5.92 Å². The minimum absolute atomic E-state index is 0.0190. The molecular weight excluding hydrogens is 278 g/mol. The van der Waals surface area contributed by atoms with E-state index in [1.54, 1.807) is 18.5 Å². The lowest BCUT2D eigenvalue weighted by Gasteiger charge is -2.24. The van der Waals surface area contributed by atoms with Gasteiger partial charge in [-0.15, -0.1) is 0 Å². The van der Waals surface area contributed by atoms with E-state index in [1.807, 2.05) is 37.5 Å². The second-order valence-electron chi connectivity index (χ2n) is 6.72. The monoisotopic (exact) mass is 297 g/mol. The fourth-order valence-corrected chi connectivity index (χ4v) is 2.70. The number of carbonyl (C=O) groups excluding carboxylic acids is 1. The summed E-state index contributed by atoms with van der Waals surface area (Å²) in [7, 11) is 0. The number of hydrogen-bond donors (Lipinski definition) is 1. The van der Waals surface area contributed by atoms with Crippen molar-refractivity contribution in [1.82, 2.24) is 4.57 Å². The molecule has 2 aromatic rings. The number of aromatic nitrogens is 1. The van der Waals surface area contributed by atoms with Gasteiger partial charge in [0.2, 0.25) is 5.91 Å². The molecule has 3 rings (SSSR count). The molecule has 0 bridgehead atoms. The number of anilines is 1. The Kier molecular flexibility index (Phi) is 3.32. The lowest BCUT2D eigenvalue weighted by atomic mass is 10.1. The number of furan rings is 1. The third kappa shape index (κ3) is 2.64. The van der Waals surface area contributed by atoms with Gasteiger partial charge in [0.15, 0.2) is 0 Å². The third-order valence-electron chi connectivity index (χ3n) is 3.96. The summed E-state index contributed by atoms with van der Waals surface area (Å²) in [6.07, 6.45) is 4.21. The highest BCUT2D eigenvalue weighted by molar-refractivity contribution is 5.94. The van der Waals surface area contributed by atoms with Crippen LogP contribution in [0, 0.1) is 17.2 Å². The Morgan fingerprint density at radius 2 is 2.27 bits per heavy atom. The molecule has 1 aliphatic carbocycles. The van der Waals surface area contributed by atoms with Gasteiger partial charge in [-0.3, -0.25) is 4.79 Å². The Bertz CT molecular complexity index is 729. The van der Waals surface area contributed by atoms with Crippen molar-refractivity contribution < 1.29 is 9.21 Å². The second kappa shape index (κ2) is 5.06. The van der Waals surface area contributed by atoms with Crippen molar-refractivity contribution >= 4 is 11.7 Å². The highest BCUT2D eigenvalue weighted by Gasteiger charge is 2.46. The SMILES string of the molecule is CC(C)(C)n1cc(C#N)cc1NC(=O)C1CC1c1ccco1. The van der Waals surface area contributed by atoms with Crippen LogP contribution < -0.4 is 5.32 Å². The van der Waals surface area contributed by atoms with Crippen LogP contribution in [-0.2, 0) is 10.3 Å². The van der Waals surface area contributed by atoms with E-state index in [-0.39, 0.29) is 23.3 Å². The number of amides is 1. The van der Waals surface area contributed by atoms with Gasteiger partial charge in [-0.2, -0.15) is 5.26 Å². The van der Waals surface area contributed by atoms with Crippen LogP contribution in [-0.4, -0.2) is 10.5 Å². The predicted octanol–water partition coefficient (Wildman–Crippen LogP) is 3.45. The van der Waals surface area contributed by atoms with Gasteiger partial charge in [0.1, 0.15) is 17.6 Å². The smallest absolute Gasteiger partial charge is 0.229 e. The Hall–Kier alpha value is -2.48. The van der Waals surface area contributed by atoms with E-state index in [4.69, 9.17) is 9.68 Å².